The van der Waals surface area contributed by atoms with Gasteiger partial charge in [0, 0.05) is 5.69 Å². The van der Waals surface area contributed by atoms with Gasteiger partial charge in [0.2, 0.25) is 0 Å². The van der Waals surface area contributed by atoms with Crippen LogP contribution in [0.3, 0.4) is 0 Å². The maximum Gasteiger partial charge on any atom is 0.338 e. The van der Waals surface area contributed by atoms with Gasteiger partial charge in [-0.05, 0) is 49.4 Å². The first-order chi connectivity index (χ1) is 12.0. The van der Waals surface area contributed by atoms with E-state index in [-0.39, 0.29) is 5.56 Å². The van der Waals surface area contributed by atoms with Crippen molar-refractivity contribution in [2.24, 2.45) is 0 Å². The van der Waals surface area contributed by atoms with E-state index in [0.29, 0.717) is 23.8 Å². The molecule has 0 saturated carbocycles. The Morgan fingerprint density at radius 3 is 2.44 bits per heavy atom. The van der Waals surface area contributed by atoms with Gasteiger partial charge < -0.3 is 19.5 Å². The lowest BCUT2D eigenvalue weighted by molar-refractivity contribution is -0.119. The van der Waals surface area contributed by atoms with Gasteiger partial charge in [-0.3, -0.25) is 4.79 Å². The highest BCUT2D eigenvalue weighted by Gasteiger charge is 2.14. The molecule has 0 spiro atoms. The molecule has 0 aliphatic carbocycles. The molecule has 0 radical (unpaired) electrons. The predicted molar refractivity (Wildman–Crippen MR) is 89.5 cm³/mol. The molecule has 2 rings (SSSR count). The maximum absolute atomic E-state index is 12.8. The Morgan fingerprint density at radius 1 is 1.08 bits per heavy atom. The molecule has 0 aromatic heterocycles. The van der Waals surface area contributed by atoms with Crippen LogP contribution in [0, 0.1) is 5.82 Å². The molecular weight excluding hydrogens is 329 g/mol. The summed E-state index contributed by atoms with van der Waals surface area (Å²) in [6.07, 6.45) is 0. The fourth-order valence-electron chi connectivity index (χ4n) is 2.02. The van der Waals surface area contributed by atoms with E-state index < -0.39 is 24.3 Å². The van der Waals surface area contributed by atoms with Gasteiger partial charge in [-0.1, -0.05) is 0 Å². The summed E-state index contributed by atoms with van der Waals surface area (Å²) >= 11 is 0. The number of nitrogens with one attached hydrogen (secondary N) is 1. The van der Waals surface area contributed by atoms with Crippen LogP contribution in [0.25, 0.3) is 0 Å². The molecule has 0 unspecified atom stereocenters. The van der Waals surface area contributed by atoms with Crippen LogP contribution in [0.2, 0.25) is 0 Å². The first-order valence-corrected chi connectivity index (χ1v) is 7.57. The molecule has 7 heteroatoms. The zero-order valence-electron chi connectivity index (χ0n) is 13.9. The van der Waals surface area contributed by atoms with Gasteiger partial charge in [0.15, 0.2) is 18.1 Å². The summed E-state index contributed by atoms with van der Waals surface area (Å²) in [4.78, 5) is 23.8. The largest absolute Gasteiger partial charge is 0.493 e. The SMILES string of the molecule is CCOc1cc(C(=O)OCC(=O)Nc2ccc(F)cc2)ccc1OC. The predicted octanol–water partition coefficient (Wildman–Crippen LogP) is 3.03. The summed E-state index contributed by atoms with van der Waals surface area (Å²) in [6.45, 7) is 1.76. The highest BCUT2D eigenvalue weighted by atomic mass is 19.1. The summed E-state index contributed by atoms with van der Waals surface area (Å²) in [6, 6.07) is 9.84. The minimum absolute atomic E-state index is 0.235. The lowest BCUT2D eigenvalue weighted by Crippen LogP contribution is -2.21. The van der Waals surface area contributed by atoms with Crippen LogP contribution >= 0.6 is 0 Å². The van der Waals surface area contributed by atoms with Crippen LogP contribution in [0.15, 0.2) is 42.5 Å². The summed E-state index contributed by atoms with van der Waals surface area (Å²) in [5.74, 6) is -0.701. The van der Waals surface area contributed by atoms with Gasteiger partial charge in [0.05, 0.1) is 19.3 Å². The normalized spacial score (nSPS) is 10.0. The second-order valence-electron chi connectivity index (χ2n) is 4.93. The van der Waals surface area contributed by atoms with E-state index in [1.54, 1.807) is 6.07 Å². The molecular formula is C18H18FNO5. The van der Waals surface area contributed by atoms with Crippen molar-refractivity contribution >= 4 is 17.6 Å². The monoisotopic (exact) mass is 347 g/mol. The number of benzene rings is 2. The fraction of sp³-hybridized carbons (Fsp3) is 0.222. The molecule has 1 amide bonds. The number of methoxy groups -OCH3 is 1. The quantitative estimate of drug-likeness (QED) is 0.780. The molecule has 0 aliphatic rings. The highest BCUT2D eigenvalue weighted by molar-refractivity contribution is 5.95. The average molecular weight is 347 g/mol. The molecule has 132 valence electrons. The van der Waals surface area contributed by atoms with Gasteiger partial charge in [0.1, 0.15) is 5.82 Å². The van der Waals surface area contributed by atoms with Crippen molar-refractivity contribution in [1.29, 1.82) is 0 Å². The van der Waals surface area contributed by atoms with Crippen molar-refractivity contribution < 1.29 is 28.2 Å². The molecule has 0 bridgehead atoms. The number of carbonyl (C=O) groups is 2. The van der Waals surface area contributed by atoms with E-state index in [2.05, 4.69) is 5.32 Å². The molecule has 0 aliphatic heterocycles. The molecule has 1 N–H and O–H groups in total. The summed E-state index contributed by atoms with van der Waals surface area (Å²) in [5, 5.41) is 2.50. The number of amides is 1. The van der Waals surface area contributed by atoms with Gasteiger partial charge in [-0.15, -0.1) is 0 Å². The van der Waals surface area contributed by atoms with Crippen molar-refractivity contribution in [3.05, 3.63) is 53.8 Å². The summed E-state index contributed by atoms with van der Waals surface area (Å²) in [5.41, 5.74) is 0.643. The Labute approximate surface area is 144 Å². The second kappa shape index (κ2) is 8.68. The molecule has 2 aromatic rings. The maximum atomic E-state index is 12.8. The average Bonchev–Trinajstić information content (AvgIpc) is 2.62. The number of hydrogen-bond donors (Lipinski definition) is 1. The third kappa shape index (κ3) is 5.20. The van der Waals surface area contributed by atoms with E-state index in [9.17, 15) is 14.0 Å². The smallest absolute Gasteiger partial charge is 0.338 e. The molecule has 0 fully saturated rings. The highest BCUT2D eigenvalue weighted by Crippen LogP contribution is 2.28. The third-order valence-corrected chi connectivity index (χ3v) is 3.16. The zero-order valence-corrected chi connectivity index (χ0v) is 13.9. The van der Waals surface area contributed by atoms with Crippen LogP contribution in [0.4, 0.5) is 10.1 Å². The number of ether oxygens (including phenoxy) is 3. The summed E-state index contributed by atoms with van der Waals surface area (Å²) < 4.78 is 28.3. The molecule has 2 aromatic carbocycles. The Hall–Kier alpha value is -3.09. The van der Waals surface area contributed by atoms with Crippen molar-refractivity contribution in [2.75, 3.05) is 25.6 Å². The van der Waals surface area contributed by atoms with Crippen molar-refractivity contribution in [2.45, 2.75) is 6.92 Å². The fourth-order valence-corrected chi connectivity index (χ4v) is 2.02. The minimum atomic E-state index is -0.669. The topological polar surface area (TPSA) is 73.9 Å². The second-order valence-corrected chi connectivity index (χ2v) is 4.93. The molecule has 6 nitrogen and oxygen atoms in total. The van der Waals surface area contributed by atoms with Crippen molar-refractivity contribution in [3.63, 3.8) is 0 Å². The Morgan fingerprint density at radius 2 is 1.80 bits per heavy atom. The van der Waals surface area contributed by atoms with E-state index in [1.165, 1.54) is 43.5 Å². The number of halogens is 1. The van der Waals surface area contributed by atoms with E-state index in [0.717, 1.165) is 0 Å². The molecule has 0 atom stereocenters. The Bertz CT molecular complexity index is 746. The van der Waals surface area contributed by atoms with E-state index in [4.69, 9.17) is 14.2 Å². The zero-order chi connectivity index (χ0) is 18.2. The van der Waals surface area contributed by atoms with Gasteiger partial charge in [-0.25, -0.2) is 9.18 Å². The van der Waals surface area contributed by atoms with Gasteiger partial charge in [-0.2, -0.15) is 0 Å². The van der Waals surface area contributed by atoms with Crippen LogP contribution in [-0.4, -0.2) is 32.2 Å². The van der Waals surface area contributed by atoms with Crippen LogP contribution in [0.1, 0.15) is 17.3 Å². The van der Waals surface area contributed by atoms with Crippen LogP contribution < -0.4 is 14.8 Å². The van der Waals surface area contributed by atoms with Gasteiger partial charge >= 0.3 is 5.97 Å². The molecule has 0 saturated heterocycles. The summed E-state index contributed by atoms with van der Waals surface area (Å²) in [7, 11) is 1.50. The van der Waals surface area contributed by atoms with Gasteiger partial charge in [0.25, 0.3) is 5.91 Å². The van der Waals surface area contributed by atoms with E-state index in [1.807, 2.05) is 6.92 Å². The standard InChI is InChI=1S/C18H18FNO5/c1-3-24-16-10-12(4-9-15(16)23-2)18(22)25-11-17(21)20-14-7-5-13(19)6-8-14/h4-10H,3,11H2,1-2H3,(H,20,21). The van der Waals surface area contributed by atoms with Crippen molar-refractivity contribution in [1.82, 2.24) is 0 Å². The number of carbonyl (C=O) groups excluding carboxylic acids is 2. The third-order valence-electron chi connectivity index (χ3n) is 3.16. The lowest BCUT2D eigenvalue weighted by atomic mass is 10.2. The lowest BCUT2D eigenvalue weighted by Gasteiger charge is -2.11. The first kappa shape index (κ1) is 18.3. The Balaban J connectivity index is 1.94. The number of hydrogen-bond acceptors (Lipinski definition) is 5. The molecule has 0 heterocycles. The number of rotatable bonds is 7. The van der Waals surface area contributed by atoms with Crippen LogP contribution in [0.5, 0.6) is 11.5 Å². The molecule has 25 heavy (non-hydrogen) atoms. The van der Waals surface area contributed by atoms with Crippen molar-refractivity contribution in [3.8, 4) is 11.5 Å². The van der Waals surface area contributed by atoms with Crippen LogP contribution in [-0.2, 0) is 9.53 Å². The van der Waals surface area contributed by atoms with E-state index >= 15 is 0 Å². The number of esters is 1. The Kier molecular flexibility index (Phi) is 6.33. The first-order valence-electron chi connectivity index (χ1n) is 7.57. The number of anilines is 1. The minimum Gasteiger partial charge on any atom is -0.493 e.